The van der Waals surface area contributed by atoms with Gasteiger partial charge in [-0.05, 0) is 43.8 Å². The molecule has 1 aromatic carbocycles. The maximum Gasteiger partial charge on any atom is 0.0346 e. The van der Waals surface area contributed by atoms with Crippen LogP contribution >= 0.6 is 0 Å². The zero-order valence-electron chi connectivity index (χ0n) is 11.8. The normalized spacial score (nSPS) is 12.7. The zero-order valence-corrected chi connectivity index (χ0v) is 11.8. The van der Waals surface area contributed by atoms with Crippen LogP contribution in [0.5, 0.6) is 0 Å². The Bertz CT molecular complexity index is 547. The van der Waals surface area contributed by atoms with E-state index in [1.54, 1.807) is 0 Å². The van der Waals surface area contributed by atoms with Crippen molar-refractivity contribution in [1.82, 2.24) is 9.88 Å². The van der Waals surface area contributed by atoms with Crippen molar-refractivity contribution in [2.45, 2.75) is 19.5 Å². The number of nitrogens with two attached hydrogens (primary N) is 1. The van der Waals surface area contributed by atoms with Crippen LogP contribution < -0.4 is 5.73 Å². The maximum absolute atomic E-state index is 5.93. The van der Waals surface area contributed by atoms with Gasteiger partial charge in [-0.2, -0.15) is 0 Å². The minimum absolute atomic E-state index is 0.00783. The number of pyridine rings is 1. The molecule has 0 aliphatic heterocycles. The molecule has 1 heterocycles. The maximum atomic E-state index is 5.93. The van der Waals surface area contributed by atoms with Gasteiger partial charge in [0, 0.05) is 30.5 Å². The van der Waals surface area contributed by atoms with E-state index < -0.39 is 0 Å². The Morgan fingerprint density at radius 1 is 1.21 bits per heavy atom. The number of benzene rings is 1. The number of rotatable bonds is 4. The van der Waals surface area contributed by atoms with Crippen LogP contribution in [-0.2, 0) is 6.54 Å². The molecule has 1 aromatic heterocycles. The molecule has 0 saturated carbocycles. The van der Waals surface area contributed by atoms with Crippen molar-refractivity contribution in [1.29, 1.82) is 0 Å². The molecule has 3 heteroatoms. The fourth-order valence-corrected chi connectivity index (χ4v) is 2.13. The van der Waals surface area contributed by atoms with Gasteiger partial charge in [0.1, 0.15) is 0 Å². The van der Waals surface area contributed by atoms with E-state index in [0.717, 1.165) is 17.7 Å². The number of hydrogen-bond donors (Lipinski definition) is 1. The van der Waals surface area contributed by atoms with Gasteiger partial charge in [0.15, 0.2) is 0 Å². The highest BCUT2D eigenvalue weighted by Crippen LogP contribution is 2.25. The first-order valence-electron chi connectivity index (χ1n) is 6.51. The van der Waals surface area contributed by atoms with Crippen LogP contribution in [0.4, 0.5) is 0 Å². The molecule has 2 N–H and O–H groups in total. The molecule has 19 heavy (non-hydrogen) atoms. The third-order valence-corrected chi connectivity index (χ3v) is 3.10. The summed E-state index contributed by atoms with van der Waals surface area (Å²) < 4.78 is 0. The van der Waals surface area contributed by atoms with Crippen LogP contribution in [0.1, 0.15) is 24.1 Å². The molecule has 3 nitrogen and oxygen atoms in total. The van der Waals surface area contributed by atoms with E-state index in [0.29, 0.717) is 0 Å². The van der Waals surface area contributed by atoms with Gasteiger partial charge in [-0.15, -0.1) is 0 Å². The Hall–Kier alpha value is -1.71. The predicted molar refractivity (Wildman–Crippen MR) is 79.7 cm³/mol. The van der Waals surface area contributed by atoms with E-state index in [2.05, 4.69) is 54.3 Å². The van der Waals surface area contributed by atoms with Crippen LogP contribution in [-0.4, -0.2) is 24.0 Å². The molecular formula is C16H21N3. The minimum atomic E-state index is 0.00783. The second kappa shape index (κ2) is 5.95. The van der Waals surface area contributed by atoms with Crippen molar-refractivity contribution in [3.8, 4) is 11.1 Å². The summed E-state index contributed by atoms with van der Waals surface area (Å²) in [6.45, 7) is 2.89. The Morgan fingerprint density at radius 3 is 2.63 bits per heavy atom. The molecule has 2 aromatic rings. The lowest BCUT2D eigenvalue weighted by Gasteiger charge is -2.15. The van der Waals surface area contributed by atoms with Crippen LogP contribution in [0, 0.1) is 0 Å². The van der Waals surface area contributed by atoms with E-state index in [-0.39, 0.29) is 6.04 Å². The van der Waals surface area contributed by atoms with Gasteiger partial charge in [-0.1, -0.05) is 24.3 Å². The molecule has 0 radical (unpaired) electrons. The molecule has 0 amide bonds. The van der Waals surface area contributed by atoms with E-state index in [4.69, 9.17) is 5.73 Å². The molecule has 0 aliphatic rings. The van der Waals surface area contributed by atoms with Crippen molar-refractivity contribution >= 4 is 0 Å². The van der Waals surface area contributed by atoms with Gasteiger partial charge in [0.05, 0.1) is 0 Å². The zero-order chi connectivity index (χ0) is 13.8. The summed E-state index contributed by atoms with van der Waals surface area (Å²) in [5.41, 5.74) is 10.7. The van der Waals surface area contributed by atoms with Gasteiger partial charge in [-0.3, -0.25) is 4.98 Å². The molecule has 0 saturated heterocycles. The minimum Gasteiger partial charge on any atom is -0.324 e. The largest absolute Gasteiger partial charge is 0.324 e. The summed E-state index contributed by atoms with van der Waals surface area (Å²) in [7, 11) is 4.15. The Morgan fingerprint density at radius 2 is 1.95 bits per heavy atom. The van der Waals surface area contributed by atoms with Crippen molar-refractivity contribution in [3.05, 3.63) is 53.9 Å². The predicted octanol–water partition coefficient (Wildman–Crippen LogP) is 2.83. The van der Waals surface area contributed by atoms with E-state index >= 15 is 0 Å². The standard InChI is InChI=1S/C16H21N3/c1-12(17)14-8-15(10-18-9-14)16-7-5-4-6-13(16)11-19(2)3/h4-10,12H,11,17H2,1-3H3. The second-order valence-corrected chi connectivity index (χ2v) is 5.19. The third-order valence-electron chi connectivity index (χ3n) is 3.10. The molecule has 0 fully saturated rings. The van der Waals surface area contributed by atoms with E-state index in [1.165, 1.54) is 11.1 Å². The van der Waals surface area contributed by atoms with Gasteiger partial charge >= 0.3 is 0 Å². The smallest absolute Gasteiger partial charge is 0.0346 e. The first-order chi connectivity index (χ1) is 9.08. The van der Waals surface area contributed by atoms with E-state index in [1.807, 2.05) is 19.3 Å². The highest BCUT2D eigenvalue weighted by molar-refractivity contribution is 5.67. The van der Waals surface area contributed by atoms with Crippen LogP contribution in [0.3, 0.4) is 0 Å². The lowest BCUT2D eigenvalue weighted by Crippen LogP contribution is -2.11. The summed E-state index contributed by atoms with van der Waals surface area (Å²) in [5, 5.41) is 0. The molecule has 0 aliphatic carbocycles. The lowest BCUT2D eigenvalue weighted by atomic mass is 9.98. The summed E-state index contributed by atoms with van der Waals surface area (Å²) in [6.07, 6.45) is 3.74. The highest BCUT2D eigenvalue weighted by Gasteiger charge is 2.08. The molecule has 1 unspecified atom stereocenters. The van der Waals surface area contributed by atoms with Crippen LogP contribution in [0.25, 0.3) is 11.1 Å². The molecule has 0 spiro atoms. The Kier molecular flexibility index (Phi) is 4.30. The topological polar surface area (TPSA) is 42.1 Å². The number of aromatic nitrogens is 1. The summed E-state index contributed by atoms with van der Waals surface area (Å²) in [5.74, 6) is 0. The summed E-state index contributed by atoms with van der Waals surface area (Å²) in [6, 6.07) is 10.6. The van der Waals surface area contributed by atoms with Gasteiger partial charge < -0.3 is 10.6 Å². The monoisotopic (exact) mass is 255 g/mol. The first kappa shape index (κ1) is 13.7. The highest BCUT2D eigenvalue weighted by atomic mass is 15.0. The molecule has 1 atom stereocenters. The first-order valence-corrected chi connectivity index (χ1v) is 6.51. The summed E-state index contributed by atoms with van der Waals surface area (Å²) >= 11 is 0. The van der Waals surface area contributed by atoms with Crippen molar-refractivity contribution < 1.29 is 0 Å². The van der Waals surface area contributed by atoms with Crippen molar-refractivity contribution in [3.63, 3.8) is 0 Å². The SMILES string of the molecule is CC(N)c1cncc(-c2ccccc2CN(C)C)c1. The van der Waals surface area contributed by atoms with E-state index in [9.17, 15) is 0 Å². The molecular weight excluding hydrogens is 234 g/mol. The molecule has 0 bridgehead atoms. The summed E-state index contributed by atoms with van der Waals surface area (Å²) in [4.78, 5) is 6.48. The fourth-order valence-electron chi connectivity index (χ4n) is 2.13. The fraction of sp³-hybridized carbons (Fsp3) is 0.312. The quantitative estimate of drug-likeness (QED) is 0.913. The number of hydrogen-bond acceptors (Lipinski definition) is 3. The second-order valence-electron chi connectivity index (χ2n) is 5.19. The van der Waals surface area contributed by atoms with Crippen molar-refractivity contribution in [2.75, 3.05) is 14.1 Å². The van der Waals surface area contributed by atoms with Gasteiger partial charge in [0.2, 0.25) is 0 Å². The van der Waals surface area contributed by atoms with Crippen LogP contribution in [0.15, 0.2) is 42.7 Å². The third kappa shape index (κ3) is 3.40. The average Bonchev–Trinajstić information content (AvgIpc) is 2.39. The lowest BCUT2D eigenvalue weighted by molar-refractivity contribution is 0.403. The number of nitrogens with zero attached hydrogens (tertiary/aromatic N) is 2. The van der Waals surface area contributed by atoms with Crippen molar-refractivity contribution in [2.24, 2.45) is 5.73 Å². The molecule has 100 valence electrons. The Labute approximate surface area is 115 Å². The molecule has 2 rings (SSSR count). The van der Waals surface area contributed by atoms with Gasteiger partial charge in [-0.25, -0.2) is 0 Å². The average molecular weight is 255 g/mol. The Balaban J connectivity index is 2.43. The van der Waals surface area contributed by atoms with Gasteiger partial charge in [0.25, 0.3) is 0 Å². The van der Waals surface area contributed by atoms with Crippen LogP contribution in [0.2, 0.25) is 0 Å².